The monoisotopic (exact) mass is 342 g/mol. The smallest absolute Gasteiger partial charge is 0.278 e. The predicted octanol–water partition coefficient (Wildman–Crippen LogP) is 3.60. The third-order valence-electron chi connectivity index (χ3n) is 3.35. The third kappa shape index (κ3) is 3.91. The Bertz CT molecular complexity index is 846. The topological polar surface area (TPSA) is 79.9 Å². The number of benzene rings is 2. The largest absolute Gasteiger partial charge is 0.489 e. The lowest BCUT2D eigenvalue weighted by molar-refractivity contribution is 0.102. The van der Waals surface area contributed by atoms with Gasteiger partial charge >= 0.3 is 0 Å². The molecule has 1 aromatic heterocycles. The fourth-order valence-electron chi connectivity index (χ4n) is 2.10. The number of ether oxygens (including phenoxy) is 1. The summed E-state index contributed by atoms with van der Waals surface area (Å²) in [5.41, 5.74) is 2.44. The van der Waals surface area contributed by atoms with Gasteiger partial charge in [0.15, 0.2) is 5.69 Å². The second-order valence-corrected chi connectivity index (χ2v) is 5.59. The Hall–Kier alpha value is -2.86. The Balaban J connectivity index is 1.64. The molecule has 0 spiro atoms. The SMILES string of the molecule is Cc1n[nH]nc1C(=O)Nc1cccc(OCc2ccc(Cl)cc2)c1. The van der Waals surface area contributed by atoms with Gasteiger partial charge in [0.2, 0.25) is 0 Å². The molecule has 2 N–H and O–H groups in total. The molecule has 7 heteroatoms. The highest BCUT2D eigenvalue weighted by Crippen LogP contribution is 2.20. The van der Waals surface area contributed by atoms with Gasteiger partial charge < -0.3 is 10.1 Å². The van der Waals surface area contributed by atoms with E-state index in [1.54, 1.807) is 19.1 Å². The van der Waals surface area contributed by atoms with Crippen LogP contribution < -0.4 is 10.1 Å². The van der Waals surface area contributed by atoms with Crippen LogP contribution in [0.2, 0.25) is 5.02 Å². The number of nitrogens with one attached hydrogen (secondary N) is 2. The summed E-state index contributed by atoms with van der Waals surface area (Å²) in [6, 6.07) is 14.6. The van der Waals surface area contributed by atoms with E-state index < -0.39 is 0 Å². The average Bonchev–Trinajstić information content (AvgIpc) is 3.01. The minimum atomic E-state index is -0.323. The molecule has 3 aromatic rings. The molecule has 0 radical (unpaired) electrons. The van der Waals surface area contributed by atoms with Crippen molar-refractivity contribution in [3.63, 3.8) is 0 Å². The third-order valence-corrected chi connectivity index (χ3v) is 3.60. The van der Waals surface area contributed by atoms with Crippen LogP contribution in [0.5, 0.6) is 5.75 Å². The number of aromatic amines is 1. The summed E-state index contributed by atoms with van der Waals surface area (Å²) in [4.78, 5) is 12.1. The summed E-state index contributed by atoms with van der Waals surface area (Å²) in [5.74, 6) is 0.329. The molecule has 0 aliphatic heterocycles. The number of anilines is 1. The Morgan fingerprint density at radius 2 is 2.00 bits per heavy atom. The molecule has 0 aliphatic carbocycles. The summed E-state index contributed by atoms with van der Waals surface area (Å²) in [6.45, 7) is 2.13. The highest BCUT2D eigenvalue weighted by Gasteiger charge is 2.13. The number of amides is 1. The molecule has 0 fully saturated rings. The van der Waals surface area contributed by atoms with E-state index in [0.29, 0.717) is 28.8 Å². The lowest BCUT2D eigenvalue weighted by atomic mass is 10.2. The van der Waals surface area contributed by atoms with Crippen LogP contribution in [0.3, 0.4) is 0 Å². The van der Waals surface area contributed by atoms with Gasteiger partial charge in [-0.05, 0) is 36.8 Å². The van der Waals surface area contributed by atoms with E-state index in [2.05, 4.69) is 20.7 Å². The summed E-state index contributed by atoms with van der Waals surface area (Å²) >= 11 is 5.86. The maximum atomic E-state index is 12.1. The second-order valence-electron chi connectivity index (χ2n) is 5.15. The summed E-state index contributed by atoms with van der Waals surface area (Å²) in [7, 11) is 0. The number of rotatable bonds is 5. The Labute approximate surface area is 143 Å². The number of nitrogens with zero attached hydrogens (tertiary/aromatic N) is 2. The van der Waals surface area contributed by atoms with E-state index in [1.807, 2.05) is 36.4 Å². The number of H-pyrrole nitrogens is 1. The van der Waals surface area contributed by atoms with Gasteiger partial charge in [-0.1, -0.05) is 29.8 Å². The molecule has 1 amide bonds. The van der Waals surface area contributed by atoms with E-state index in [9.17, 15) is 4.79 Å². The average molecular weight is 343 g/mol. The van der Waals surface area contributed by atoms with Crippen molar-refractivity contribution in [3.8, 4) is 5.75 Å². The van der Waals surface area contributed by atoms with Gasteiger partial charge in [0.25, 0.3) is 5.91 Å². The van der Waals surface area contributed by atoms with Crippen molar-refractivity contribution in [2.24, 2.45) is 0 Å². The van der Waals surface area contributed by atoms with Gasteiger partial charge in [0.05, 0.1) is 5.69 Å². The number of carbonyl (C=O) groups is 1. The minimum absolute atomic E-state index is 0.266. The zero-order valence-corrected chi connectivity index (χ0v) is 13.7. The molecule has 0 atom stereocenters. The van der Waals surface area contributed by atoms with Gasteiger partial charge in [0.1, 0.15) is 12.4 Å². The first-order valence-corrected chi connectivity index (χ1v) is 7.65. The van der Waals surface area contributed by atoms with E-state index in [4.69, 9.17) is 16.3 Å². The van der Waals surface area contributed by atoms with Crippen LogP contribution in [0.1, 0.15) is 21.7 Å². The predicted molar refractivity (Wildman–Crippen MR) is 91.3 cm³/mol. The molecular formula is C17H15ClN4O2. The Kier molecular flexibility index (Phi) is 4.77. The molecule has 1 heterocycles. The van der Waals surface area contributed by atoms with E-state index in [0.717, 1.165) is 5.56 Å². The van der Waals surface area contributed by atoms with Crippen molar-refractivity contribution < 1.29 is 9.53 Å². The zero-order valence-electron chi connectivity index (χ0n) is 12.9. The molecule has 2 aromatic carbocycles. The van der Waals surface area contributed by atoms with Gasteiger partial charge in [-0.2, -0.15) is 15.4 Å². The lowest BCUT2D eigenvalue weighted by Crippen LogP contribution is -2.13. The number of aromatic nitrogens is 3. The molecule has 122 valence electrons. The van der Waals surface area contributed by atoms with Gasteiger partial charge in [-0.25, -0.2) is 0 Å². The van der Waals surface area contributed by atoms with Crippen LogP contribution in [-0.4, -0.2) is 21.3 Å². The summed E-state index contributed by atoms with van der Waals surface area (Å²) < 4.78 is 5.74. The fraction of sp³-hybridized carbons (Fsp3) is 0.118. The first kappa shape index (κ1) is 16.0. The summed E-state index contributed by atoms with van der Waals surface area (Å²) in [6.07, 6.45) is 0. The number of hydrogen-bond donors (Lipinski definition) is 2. The normalized spacial score (nSPS) is 10.4. The number of aryl methyl sites for hydroxylation is 1. The molecule has 3 rings (SSSR count). The maximum absolute atomic E-state index is 12.1. The van der Waals surface area contributed by atoms with Crippen molar-refractivity contribution in [3.05, 3.63) is 70.5 Å². The van der Waals surface area contributed by atoms with Crippen LogP contribution >= 0.6 is 11.6 Å². The molecule has 24 heavy (non-hydrogen) atoms. The quantitative estimate of drug-likeness (QED) is 0.742. The van der Waals surface area contributed by atoms with Crippen molar-refractivity contribution >= 4 is 23.2 Å². The van der Waals surface area contributed by atoms with Crippen LogP contribution in [0.15, 0.2) is 48.5 Å². The van der Waals surface area contributed by atoms with Gasteiger partial charge in [0, 0.05) is 16.8 Å². The molecule has 0 bridgehead atoms. The zero-order chi connectivity index (χ0) is 16.9. The lowest BCUT2D eigenvalue weighted by Gasteiger charge is -2.09. The maximum Gasteiger partial charge on any atom is 0.278 e. The van der Waals surface area contributed by atoms with Crippen LogP contribution in [-0.2, 0) is 6.61 Å². The number of carbonyl (C=O) groups excluding carboxylic acids is 1. The molecule has 0 saturated heterocycles. The van der Waals surface area contributed by atoms with Crippen molar-refractivity contribution in [1.29, 1.82) is 0 Å². The van der Waals surface area contributed by atoms with E-state index in [1.165, 1.54) is 0 Å². The molecule has 0 unspecified atom stereocenters. The van der Waals surface area contributed by atoms with E-state index in [-0.39, 0.29) is 11.6 Å². The summed E-state index contributed by atoms with van der Waals surface area (Å²) in [5, 5.41) is 13.5. The molecule has 0 aliphatic rings. The van der Waals surface area contributed by atoms with Crippen molar-refractivity contribution in [1.82, 2.24) is 15.4 Å². The fourth-order valence-corrected chi connectivity index (χ4v) is 2.23. The van der Waals surface area contributed by atoms with Gasteiger partial charge in [-0.3, -0.25) is 4.79 Å². The second kappa shape index (κ2) is 7.14. The van der Waals surface area contributed by atoms with Crippen LogP contribution in [0.4, 0.5) is 5.69 Å². The van der Waals surface area contributed by atoms with Crippen LogP contribution in [0.25, 0.3) is 0 Å². The Morgan fingerprint density at radius 1 is 1.21 bits per heavy atom. The molecule has 0 saturated carbocycles. The van der Waals surface area contributed by atoms with Crippen LogP contribution in [0, 0.1) is 6.92 Å². The number of halogens is 1. The highest BCUT2D eigenvalue weighted by atomic mass is 35.5. The first-order valence-electron chi connectivity index (χ1n) is 7.28. The first-order chi connectivity index (χ1) is 11.6. The molecular weight excluding hydrogens is 328 g/mol. The number of hydrogen-bond acceptors (Lipinski definition) is 4. The van der Waals surface area contributed by atoms with Gasteiger partial charge in [-0.15, -0.1) is 0 Å². The molecule has 6 nitrogen and oxygen atoms in total. The standard InChI is InChI=1S/C17H15ClN4O2/c1-11-16(21-22-20-11)17(23)19-14-3-2-4-15(9-14)24-10-12-5-7-13(18)8-6-12/h2-9H,10H2,1H3,(H,19,23)(H,20,21,22). The van der Waals surface area contributed by atoms with Crippen molar-refractivity contribution in [2.45, 2.75) is 13.5 Å². The minimum Gasteiger partial charge on any atom is -0.489 e. The Morgan fingerprint density at radius 3 is 2.71 bits per heavy atom. The highest BCUT2D eigenvalue weighted by molar-refractivity contribution is 6.30. The van der Waals surface area contributed by atoms with Crippen molar-refractivity contribution in [2.75, 3.05) is 5.32 Å². The van der Waals surface area contributed by atoms with E-state index >= 15 is 0 Å².